The molecule has 1 fully saturated rings. The number of benzene rings is 1. The highest BCUT2D eigenvalue weighted by Crippen LogP contribution is 2.26. The second-order valence-corrected chi connectivity index (χ2v) is 6.26. The molecule has 1 aromatic carbocycles. The zero-order chi connectivity index (χ0) is 17.4. The third-order valence-corrected chi connectivity index (χ3v) is 4.29. The molecule has 1 aliphatic heterocycles. The lowest BCUT2D eigenvalue weighted by atomic mass is 10.1. The number of rotatable bonds is 7. The molecule has 1 heterocycles. The third-order valence-electron chi connectivity index (χ3n) is 4.29. The van der Waals surface area contributed by atoms with Crippen molar-refractivity contribution in [3.8, 4) is 5.75 Å². The Bertz CT molecular complexity index is 542. The van der Waals surface area contributed by atoms with E-state index in [0.717, 1.165) is 31.3 Å². The van der Waals surface area contributed by atoms with Gasteiger partial charge in [-0.15, -0.1) is 24.0 Å². The van der Waals surface area contributed by atoms with Crippen LogP contribution < -0.4 is 20.3 Å². The number of anilines is 1. The van der Waals surface area contributed by atoms with Crippen molar-refractivity contribution in [2.75, 3.05) is 52.4 Å². The number of hydrogen-bond donors (Lipinski definition) is 2. The van der Waals surface area contributed by atoms with Crippen molar-refractivity contribution in [3.63, 3.8) is 0 Å². The number of halogens is 1. The average Bonchev–Trinajstić information content (AvgIpc) is 3.08. The number of hydrogen-bond acceptors (Lipinski definition) is 4. The minimum atomic E-state index is 0. The van der Waals surface area contributed by atoms with Gasteiger partial charge in [0.15, 0.2) is 5.96 Å². The molecule has 7 heteroatoms. The number of ether oxygens (including phenoxy) is 2. The maximum Gasteiger partial charge on any atom is 0.191 e. The summed E-state index contributed by atoms with van der Waals surface area (Å²) in [4.78, 5) is 6.70. The van der Waals surface area contributed by atoms with E-state index < -0.39 is 0 Å². The summed E-state index contributed by atoms with van der Waals surface area (Å²) in [5, 5.41) is 6.76. The van der Waals surface area contributed by atoms with E-state index in [1.807, 2.05) is 12.1 Å². The number of nitrogens with zero attached hydrogens (tertiary/aromatic N) is 2. The number of methoxy groups -OCH3 is 2. The molecular weight excluding hydrogens is 431 g/mol. The van der Waals surface area contributed by atoms with Gasteiger partial charge in [-0.2, -0.15) is 0 Å². The fraction of sp³-hybridized carbons (Fsp3) is 0.611. The molecule has 1 aliphatic rings. The van der Waals surface area contributed by atoms with Crippen molar-refractivity contribution >= 4 is 35.6 Å². The number of aliphatic imine (C=N–C) groups is 1. The largest absolute Gasteiger partial charge is 0.497 e. The van der Waals surface area contributed by atoms with E-state index >= 15 is 0 Å². The predicted molar refractivity (Wildman–Crippen MR) is 115 cm³/mol. The normalized spacial score (nSPS) is 18.5. The van der Waals surface area contributed by atoms with Gasteiger partial charge in [-0.3, -0.25) is 4.99 Å². The second-order valence-electron chi connectivity index (χ2n) is 6.26. The molecule has 2 N–H and O–H groups in total. The molecule has 1 saturated heterocycles. The molecule has 2 atom stereocenters. The second kappa shape index (κ2) is 11.4. The molecule has 1 aromatic rings. The van der Waals surface area contributed by atoms with Gasteiger partial charge in [-0.25, -0.2) is 0 Å². The van der Waals surface area contributed by atoms with E-state index in [2.05, 4.69) is 39.6 Å². The Morgan fingerprint density at radius 3 is 2.88 bits per heavy atom. The fourth-order valence-corrected chi connectivity index (χ4v) is 3.00. The van der Waals surface area contributed by atoms with Crippen LogP contribution in [0.5, 0.6) is 5.75 Å². The van der Waals surface area contributed by atoms with Crippen molar-refractivity contribution < 1.29 is 9.47 Å². The summed E-state index contributed by atoms with van der Waals surface area (Å²) in [7, 11) is 5.21. The topological polar surface area (TPSA) is 58.1 Å². The maximum absolute atomic E-state index is 5.32. The molecule has 0 spiro atoms. The Hall–Kier alpha value is -1.22. The molecule has 0 radical (unpaired) electrons. The van der Waals surface area contributed by atoms with E-state index in [4.69, 9.17) is 9.47 Å². The first-order valence-electron chi connectivity index (χ1n) is 8.51. The molecule has 2 rings (SSSR count). The van der Waals surface area contributed by atoms with Crippen LogP contribution in [0.3, 0.4) is 0 Å². The van der Waals surface area contributed by atoms with Gasteiger partial charge in [0.05, 0.1) is 13.7 Å². The highest BCUT2D eigenvalue weighted by atomic mass is 127. The van der Waals surface area contributed by atoms with Crippen LogP contribution in [0.25, 0.3) is 0 Å². The van der Waals surface area contributed by atoms with E-state index in [1.165, 1.54) is 12.1 Å². The Morgan fingerprint density at radius 2 is 2.20 bits per heavy atom. The van der Waals surface area contributed by atoms with E-state index in [1.54, 1.807) is 21.3 Å². The molecular formula is C18H31IN4O2. The lowest BCUT2D eigenvalue weighted by Crippen LogP contribution is -2.45. The molecule has 25 heavy (non-hydrogen) atoms. The van der Waals surface area contributed by atoms with Crippen LogP contribution in [0.15, 0.2) is 29.3 Å². The molecule has 0 amide bonds. The Labute approximate surface area is 168 Å². The molecule has 0 saturated carbocycles. The smallest absolute Gasteiger partial charge is 0.191 e. The van der Waals surface area contributed by atoms with Crippen LogP contribution in [0.2, 0.25) is 0 Å². The summed E-state index contributed by atoms with van der Waals surface area (Å²) in [5.74, 6) is 2.35. The van der Waals surface area contributed by atoms with Crippen molar-refractivity contribution in [2.24, 2.45) is 10.9 Å². The van der Waals surface area contributed by atoms with E-state index in [-0.39, 0.29) is 30.0 Å². The fourth-order valence-electron chi connectivity index (χ4n) is 3.00. The van der Waals surface area contributed by atoms with Gasteiger partial charge in [-0.1, -0.05) is 6.07 Å². The van der Waals surface area contributed by atoms with Gasteiger partial charge < -0.3 is 25.0 Å². The van der Waals surface area contributed by atoms with Crippen molar-refractivity contribution in [3.05, 3.63) is 24.3 Å². The summed E-state index contributed by atoms with van der Waals surface area (Å²) in [6, 6.07) is 8.50. The van der Waals surface area contributed by atoms with E-state index in [0.29, 0.717) is 12.5 Å². The summed E-state index contributed by atoms with van der Waals surface area (Å²) in [6.45, 7) is 5.78. The molecule has 6 nitrogen and oxygen atoms in total. The first-order chi connectivity index (χ1) is 11.7. The highest BCUT2D eigenvalue weighted by molar-refractivity contribution is 14.0. The highest BCUT2D eigenvalue weighted by Gasteiger charge is 2.23. The molecule has 2 unspecified atom stereocenters. The Kier molecular flexibility index (Phi) is 9.96. The maximum atomic E-state index is 5.32. The van der Waals surface area contributed by atoms with Crippen LogP contribution in [-0.2, 0) is 4.74 Å². The van der Waals surface area contributed by atoms with Crippen LogP contribution in [0.4, 0.5) is 5.69 Å². The lowest BCUT2D eigenvalue weighted by molar-refractivity contribution is 0.179. The predicted octanol–water partition coefficient (Wildman–Crippen LogP) is 2.34. The van der Waals surface area contributed by atoms with Crippen LogP contribution in [0.1, 0.15) is 13.3 Å². The summed E-state index contributed by atoms with van der Waals surface area (Å²) < 4.78 is 10.5. The standard InChI is InChI=1S/C18H30N4O2.HI/c1-14(13-23-3)21-18(19-2)20-11-15-8-9-22(12-15)16-6-5-7-17(10-16)24-4;/h5-7,10,14-15H,8-9,11-13H2,1-4H3,(H2,19,20,21);1H. The van der Waals surface area contributed by atoms with Gasteiger partial charge in [-0.05, 0) is 31.4 Å². The van der Waals surface area contributed by atoms with Gasteiger partial charge in [0.25, 0.3) is 0 Å². The number of guanidine groups is 1. The first kappa shape index (κ1) is 21.8. The average molecular weight is 462 g/mol. The van der Waals surface area contributed by atoms with Crippen LogP contribution in [-0.4, -0.2) is 59.5 Å². The van der Waals surface area contributed by atoms with Gasteiger partial charge in [0, 0.05) is 51.6 Å². The Morgan fingerprint density at radius 1 is 1.40 bits per heavy atom. The first-order valence-corrected chi connectivity index (χ1v) is 8.51. The van der Waals surface area contributed by atoms with Crippen molar-refractivity contribution in [1.29, 1.82) is 0 Å². The van der Waals surface area contributed by atoms with Crippen molar-refractivity contribution in [2.45, 2.75) is 19.4 Å². The minimum Gasteiger partial charge on any atom is -0.497 e. The zero-order valence-electron chi connectivity index (χ0n) is 15.6. The Balaban J connectivity index is 0.00000312. The van der Waals surface area contributed by atoms with Gasteiger partial charge >= 0.3 is 0 Å². The third kappa shape index (κ3) is 6.89. The van der Waals surface area contributed by atoms with Gasteiger partial charge in [0.1, 0.15) is 5.75 Å². The molecule has 0 bridgehead atoms. The SMILES string of the molecule is CN=C(NCC1CCN(c2cccc(OC)c2)C1)NC(C)COC.I. The summed E-state index contributed by atoms with van der Waals surface area (Å²) in [5.41, 5.74) is 1.23. The van der Waals surface area contributed by atoms with Crippen molar-refractivity contribution in [1.82, 2.24) is 10.6 Å². The lowest BCUT2D eigenvalue weighted by Gasteiger charge is -2.21. The van der Waals surface area contributed by atoms with Crippen LogP contribution >= 0.6 is 24.0 Å². The quantitative estimate of drug-likeness (QED) is 0.370. The van der Waals surface area contributed by atoms with Gasteiger partial charge in [0.2, 0.25) is 0 Å². The number of nitrogens with one attached hydrogen (secondary N) is 2. The minimum absolute atomic E-state index is 0. The van der Waals surface area contributed by atoms with Crippen LogP contribution in [0, 0.1) is 5.92 Å². The zero-order valence-corrected chi connectivity index (χ0v) is 17.9. The summed E-state index contributed by atoms with van der Waals surface area (Å²) >= 11 is 0. The molecule has 0 aromatic heterocycles. The molecule has 142 valence electrons. The molecule has 0 aliphatic carbocycles. The summed E-state index contributed by atoms with van der Waals surface area (Å²) in [6.07, 6.45) is 1.18. The monoisotopic (exact) mass is 462 g/mol. The van der Waals surface area contributed by atoms with E-state index in [9.17, 15) is 0 Å².